The molecule has 4 rings (SSSR count). The van der Waals surface area contributed by atoms with E-state index in [2.05, 4.69) is 37.3 Å². The van der Waals surface area contributed by atoms with Crippen LogP contribution in [0.15, 0.2) is 47.4 Å². The third-order valence-electron chi connectivity index (χ3n) is 5.33. The molecule has 0 atom stereocenters. The van der Waals surface area contributed by atoms with Gasteiger partial charge >= 0.3 is 0 Å². The van der Waals surface area contributed by atoms with Crippen molar-refractivity contribution in [3.8, 4) is 11.1 Å². The standard InChI is InChI=1S/C21H25N7O/c1-14-16(4-3-5-17(14)22)15-12-18(21(29)23-13-15)24-19-6-7-20(26-25-19)28-10-8-27(2)9-11-28/h3-7,12-13H,8-11,22H2,1-2H3,(H,23,29)(H,24,25). The van der Waals surface area contributed by atoms with E-state index in [1.165, 1.54) is 0 Å². The fraction of sp³-hybridized carbons (Fsp3) is 0.286. The summed E-state index contributed by atoms with van der Waals surface area (Å²) >= 11 is 0. The monoisotopic (exact) mass is 391 g/mol. The summed E-state index contributed by atoms with van der Waals surface area (Å²) < 4.78 is 0. The lowest BCUT2D eigenvalue weighted by Gasteiger charge is -2.32. The van der Waals surface area contributed by atoms with Gasteiger partial charge in [-0.2, -0.15) is 0 Å². The third-order valence-corrected chi connectivity index (χ3v) is 5.33. The summed E-state index contributed by atoms with van der Waals surface area (Å²) in [4.78, 5) is 19.6. The average Bonchev–Trinajstić information content (AvgIpc) is 2.73. The minimum absolute atomic E-state index is 0.222. The highest BCUT2D eigenvalue weighted by atomic mass is 16.1. The van der Waals surface area contributed by atoms with Crippen molar-refractivity contribution >= 4 is 23.0 Å². The predicted octanol–water partition coefficient (Wildman–Crippen LogP) is 2.22. The van der Waals surface area contributed by atoms with Crippen molar-refractivity contribution in [2.24, 2.45) is 0 Å². The van der Waals surface area contributed by atoms with E-state index >= 15 is 0 Å². The first kappa shape index (κ1) is 18.9. The Morgan fingerprint density at radius 2 is 1.90 bits per heavy atom. The van der Waals surface area contributed by atoms with Crippen LogP contribution in [0.2, 0.25) is 0 Å². The molecule has 0 spiro atoms. The normalized spacial score (nSPS) is 14.8. The highest BCUT2D eigenvalue weighted by Crippen LogP contribution is 2.27. The van der Waals surface area contributed by atoms with Gasteiger partial charge in [-0.3, -0.25) is 4.79 Å². The van der Waals surface area contributed by atoms with Gasteiger partial charge in [0.25, 0.3) is 5.56 Å². The summed E-state index contributed by atoms with van der Waals surface area (Å²) in [5, 5.41) is 11.7. The van der Waals surface area contributed by atoms with Gasteiger partial charge in [-0.15, -0.1) is 10.2 Å². The van der Waals surface area contributed by atoms with Crippen molar-refractivity contribution in [3.63, 3.8) is 0 Å². The molecular weight excluding hydrogens is 366 g/mol. The molecule has 0 radical (unpaired) electrons. The Kier molecular flexibility index (Phi) is 5.18. The van der Waals surface area contributed by atoms with Crippen molar-refractivity contribution in [2.45, 2.75) is 6.92 Å². The van der Waals surface area contributed by atoms with Crippen LogP contribution in [0, 0.1) is 6.92 Å². The molecule has 2 aromatic heterocycles. The van der Waals surface area contributed by atoms with E-state index in [9.17, 15) is 4.79 Å². The summed E-state index contributed by atoms with van der Waals surface area (Å²) in [7, 11) is 2.12. The van der Waals surface area contributed by atoms with E-state index in [1.54, 1.807) is 12.3 Å². The topological polar surface area (TPSA) is 103 Å². The number of nitrogens with two attached hydrogens (primary N) is 1. The van der Waals surface area contributed by atoms with E-state index in [4.69, 9.17) is 5.73 Å². The number of nitrogens with one attached hydrogen (secondary N) is 2. The average molecular weight is 391 g/mol. The summed E-state index contributed by atoms with van der Waals surface area (Å²) in [6.07, 6.45) is 1.69. The quantitative estimate of drug-likeness (QED) is 0.586. The lowest BCUT2D eigenvalue weighted by Crippen LogP contribution is -2.44. The Hall–Kier alpha value is -3.39. The molecule has 8 nitrogen and oxygen atoms in total. The zero-order valence-electron chi connectivity index (χ0n) is 16.6. The SMILES string of the molecule is Cc1c(N)cccc1-c1c[nH]c(=O)c(Nc2ccc(N3CCN(C)CC3)nn2)c1. The summed E-state index contributed by atoms with van der Waals surface area (Å²) in [6, 6.07) is 11.3. The number of pyridine rings is 1. The first-order chi connectivity index (χ1) is 14.0. The molecule has 1 fully saturated rings. The zero-order valence-corrected chi connectivity index (χ0v) is 16.6. The van der Waals surface area contributed by atoms with Gasteiger partial charge in [0.1, 0.15) is 5.69 Å². The van der Waals surface area contributed by atoms with E-state index in [-0.39, 0.29) is 5.56 Å². The van der Waals surface area contributed by atoms with Crippen molar-refractivity contribution in [2.75, 3.05) is 49.2 Å². The molecule has 1 saturated heterocycles. The molecule has 150 valence electrons. The Morgan fingerprint density at radius 1 is 1.10 bits per heavy atom. The van der Waals surface area contributed by atoms with Crippen LogP contribution >= 0.6 is 0 Å². The molecular formula is C21H25N7O. The summed E-state index contributed by atoms with van der Waals surface area (Å²) in [5.41, 5.74) is 9.74. The maximum Gasteiger partial charge on any atom is 0.271 e. The number of anilines is 4. The van der Waals surface area contributed by atoms with Crippen LogP contribution in [-0.4, -0.2) is 53.3 Å². The first-order valence-corrected chi connectivity index (χ1v) is 9.64. The Balaban J connectivity index is 1.55. The highest BCUT2D eigenvalue weighted by Gasteiger charge is 2.16. The van der Waals surface area contributed by atoms with E-state index in [1.807, 2.05) is 37.3 Å². The van der Waals surface area contributed by atoms with Crippen LogP contribution in [0.25, 0.3) is 11.1 Å². The number of aromatic nitrogens is 3. The second kappa shape index (κ2) is 7.92. The van der Waals surface area contributed by atoms with Gasteiger partial charge in [-0.1, -0.05) is 12.1 Å². The van der Waals surface area contributed by atoms with Gasteiger partial charge in [0.05, 0.1) is 0 Å². The van der Waals surface area contributed by atoms with Crippen LogP contribution < -0.4 is 21.5 Å². The van der Waals surface area contributed by atoms with Crippen LogP contribution in [0.5, 0.6) is 0 Å². The van der Waals surface area contributed by atoms with Gasteiger partial charge in [-0.05, 0) is 49.4 Å². The van der Waals surface area contributed by atoms with E-state index < -0.39 is 0 Å². The largest absolute Gasteiger partial charge is 0.398 e. The third kappa shape index (κ3) is 4.07. The summed E-state index contributed by atoms with van der Waals surface area (Å²) in [5.74, 6) is 1.37. The van der Waals surface area contributed by atoms with Crippen LogP contribution in [0.4, 0.5) is 23.0 Å². The first-order valence-electron chi connectivity index (χ1n) is 9.64. The minimum Gasteiger partial charge on any atom is -0.398 e. The number of nitrogens with zero attached hydrogens (tertiary/aromatic N) is 4. The highest BCUT2D eigenvalue weighted by molar-refractivity contribution is 5.75. The number of hydrogen-bond donors (Lipinski definition) is 3. The lowest BCUT2D eigenvalue weighted by atomic mass is 10.0. The maximum atomic E-state index is 12.3. The lowest BCUT2D eigenvalue weighted by molar-refractivity contribution is 0.312. The minimum atomic E-state index is -0.222. The molecule has 0 aliphatic carbocycles. The van der Waals surface area contributed by atoms with Gasteiger partial charge in [0.15, 0.2) is 11.6 Å². The van der Waals surface area contributed by atoms with Gasteiger partial charge in [0, 0.05) is 43.6 Å². The molecule has 1 aliphatic heterocycles. The second-order valence-corrected chi connectivity index (χ2v) is 7.34. The van der Waals surface area contributed by atoms with Crippen molar-refractivity contribution in [3.05, 3.63) is 58.5 Å². The number of rotatable bonds is 4. The fourth-order valence-electron chi connectivity index (χ4n) is 3.43. The number of H-pyrrole nitrogens is 1. The number of hydrogen-bond acceptors (Lipinski definition) is 7. The molecule has 3 heterocycles. The molecule has 0 unspecified atom stereocenters. The van der Waals surface area contributed by atoms with Crippen LogP contribution in [0.3, 0.4) is 0 Å². The Morgan fingerprint density at radius 3 is 2.62 bits per heavy atom. The van der Waals surface area contributed by atoms with E-state index in [0.717, 1.165) is 48.7 Å². The molecule has 0 bridgehead atoms. The molecule has 29 heavy (non-hydrogen) atoms. The van der Waals surface area contributed by atoms with Crippen molar-refractivity contribution < 1.29 is 0 Å². The van der Waals surface area contributed by atoms with Crippen molar-refractivity contribution in [1.29, 1.82) is 0 Å². The molecule has 4 N–H and O–H groups in total. The second-order valence-electron chi connectivity index (χ2n) is 7.34. The number of likely N-dealkylation sites (N-methyl/N-ethyl adjacent to an activating group) is 1. The molecule has 8 heteroatoms. The molecule has 3 aromatic rings. The molecule has 0 saturated carbocycles. The van der Waals surface area contributed by atoms with Gasteiger partial charge < -0.3 is 25.8 Å². The predicted molar refractivity (Wildman–Crippen MR) is 117 cm³/mol. The van der Waals surface area contributed by atoms with Crippen LogP contribution in [-0.2, 0) is 0 Å². The number of piperazine rings is 1. The van der Waals surface area contributed by atoms with Gasteiger partial charge in [-0.25, -0.2) is 0 Å². The Bertz CT molecular complexity index is 1050. The summed E-state index contributed by atoms with van der Waals surface area (Å²) in [6.45, 7) is 5.84. The molecule has 1 aliphatic rings. The smallest absolute Gasteiger partial charge is 0.271 e. The van der Waals surface area contributed by atoms with E-state index in [0.29, 0.717) is 17.2 Å². The number of nitrogen functional groups attached to an aromatic ring is 1. The Labute approximate surface area is 169 Å². The number of benzene rings is 1. The fourth-order valence-corrected chi connectivity index (χ4v) is 3.43. The number of aromatic amines is 1. The van der Waals surface area contributed by atoms with Crippen LogP contribution in [0.1, 0.15) is 5.56 Å². The molecule has 0 amide bonds. The zero-order chi connectivity index (χ0) is 20.4. The van der Waals surface area contributed by atoms with Gasteiger partial charge in [0.2, 0.25) is 0 Å². The molecule has 1 aromatic carbocycles. The van der Waals surface area contributed by atoms with Crippen molar-refractivity contribution in [1.82, 2.24) is 20.1 Å². The maximum absolute atomic E-state index is 12.3.